The van der Waals surface area contributed by atoms with Crippen molar-refractivity contribution in [2.45, 2.75) is 19.3 Å². The van der Waals surface area contributed by atoms with Crippen molar-refractivity contribution in [3.05, 3.63) is 29.7 Å². The molecule has 0 aromatic carbocycles. The van der Waals surface area contributed by atoms with Crippen molar-refractivity contribution in [2.75, 3.05) is 20.1 Å². The number of nitrogens with zero attached hydrogens (tertiary/aromatic N) is 4. The van der Waals surface area contributed by atoms with Crippen LogP contribution in [0.4, 0.5) is 0 Å². The Morgan fingerprint density at radius 2 is 2.25 bits per heavy atom. The highest BCUT2D eigenvalue weighted by Gasteiger charge is 2.24. The van der Waals surface area contributed by atoms with E-state index in [9.17, 15) is 0 Å². The van der Waals surface area contributed by atoms with E-state index >= 15 is 0 Å². The molecule has 16 heavy (non-hydrogen) atoms. The molecule has 1 saturated heterocycles. The molecule has 84 valence electrons. The largest absolute Gasteiger partial charge is 0.306 e. The molecule has 0 radical (unpaired) electrons. The summed E-state index contributed by atoms with van der Waals surface area (Å²) in [5, 5.41) is 4.61. The Morgan fingerprint density at radius 3 is 2.94 bits per heavy atom. The van der Waals surface area contributed by atoms with Crippen molar-refractivity contribution in [1.29, 1.82) is 0 Å². The smallest absolute Gasteiger partial charge is 0.156 e. The standard InChI is InChI=1S/C12H16N4/c1-9-4-3-5-11-13-12(14-16(9)11)10-6-7-15(2)8-10/h3-5,10H,6-8H2,1-2H3. The third-order valence-corrected chi connectivity index (χ3v) is 3.32. The summed E-state index contributed by atoms with van der Waals surface area (Å²) >= 11 is 0. The highest BCUT2D eigenvalue weighted by atomic mass is 15.3. The van der Waals surface area contributed by atoms with Gasteiger partial charge in [-0.1, -0.05) is 6.07 Å². The lowest BCUT2D eigenvalue weighted by atomic mass is 10.1. The molecule has 4 nitrogen and oxygen atoms in total. The maximum absolute atomic E-state index is 4.62. The Labute approximate surface area is 94.9 Å². The van der Waals surface area contributed by atoms with Crippen molar-refractivity contribution in [3.8, 4) is 0 Å². The fraction of sp³-hybridized carbons (Fsp3) is 0.500. The normalized spacial score (nSPS) is 22.0. The highest BCUT2D eigenvalue weighted by molar-refractivity contribution is 5.39. The highest BCUT2D eigenvalue weighted by Crippen LogP contribution is 2.24. The molecule has 1 aliphatic rings. The number of pyridine rings is 1. The van der Waals surface area contributed by atoms with E-state index in [1.165, 1.54) is 6.42 Å². The van der Waals surface area contributed by atoms with Gasteiger partial charge in [0.15, 0.2) is 11.5 Å². The Bertz CT molecular complexity index is 517. The molecule has 1 aliphatic heterocycles. The van der Waals surface area contributed by atoms with Gasteiger partial charge in [0, 0.05) is 18.2 Å². The van der Waals surface area contributed by atoms with Crippen LogP contribution in [0.3, 0.4) is 0 Å². The molecular weight excluding hydrogens is 200 g/mol. The third-order valence-electron chi connectivity index (χ3n) is 3.32. The van der Waals surface area contributed by atoms with Gasteiger partial charge in [0.25, 0.3) is 0 Å². The van der Waals surface area contributed by atoms with Crippen molar-refractivity contribution in [3.63, 3.8) is 0 Å². The average Bonchev–Trinajstić information content (AvgIpc) is 2.84. The van der Waals surface area contributed by atoms with Crippen molar-refractivity contribution in [1.82, 2.24) is 19.5 Å². The van der Waals surface area contributed by atoms with E-state index < -0.39 is 0 Å². The van der Waals surface area contributed by atoms with E-state index in [2.05, 4.69) is 35.0 Å². The van der Waals surface area contributed by atoms with E-state index in [0.29, 0.717) is 5.92 Å². The van der Waals surface area contributed by atoms with Crippen molar-refractivity contribution < 1.29 is 0 Å². The second kappa shape index (κ2) is 3.56. The maximum atomic E-state index is 4.62. The number of hydrogen-bond acceptors (Lipinski definition) is 3. The van der Waals surface area contributed by atoms with Crippen molar-refractivity contribution in [2.24, 2.45) is 0 Å². The molecule has 2 aromatic rings. The topological polar surface area (TPSA) is 33.4 Å². The number of likely N-dealkylation sites (tertiary alicyclic amines) is 1. The molecule has 0 saturated carbocycles. The molecule has 0 bridgehead atoms. The fourth-order valence-electron chi connectivity index (χ4n) is 2.37. The van der Waals surface area contributed by atoms with E-state index in [-0.39, 0.29) is 0 Å². The first kappa shape index (κ1) is 9.78. The Morgan fingerprint density at radius 1 is 1.38 bits per heavy atom. The van der Waals surface area contributed by atoms with Gasteiger partial charge < -0.3 is 4.90 Å². The van der Waals surface area contributed by atoms with E-state index in [1.54, 1.807) is 0 Å². The minimum absolute atomic E-state index is 0.504. The Hall–Kier alpha value is -1.42. The molecule has 2 aromatic heterocycles. The van der Waals surface area contributed by atoms with Crippen LogP contribution in [0.25, 0.3) is 5.65 Å². The Balaban J connectivity index is 2.02. The number of rotatable bonds is 1. The van der Waals surface area contributed by atoms with Gasteiger partial charge >= 0.3 is 0 Å². The second-order valence-electron chi connectivity index (χ2n) is 4.66. The van der Waals surface area contributed by atoms with Gasteiger partial charge in [-0.05, 0) is 39.1 Å². The average molecular weight is 216 g/mol. The van der Waals surface area contributed by atoms with Crippen LogP contribution in [0.2, 0.25) is 0 Å². The number of aryl methyl sites for hydroxylation is 1. The summed E-state index contributed by atoms with van der Waals surface area (Å²) in [7, 11) is 2.15. The summed E-state index contributed by atoms with van der Waals surface area (Å²) in [5.74, 6) is 1.50. The molecule has 1 unspecified atom stereocenters. The van der Waals surface area contributed by atoms with Gasteiger partial charge in [0.1, 0.15) is 0 Å². The van der Waals surface area contributed by atoms with Crippen LogP contribution in [-0.4, -0.2) is 39.6 Å². The zero-order valence-corrected chi connectivity index (χ0v) is 9.72. The predicted molar refractivity (Wildman–Crippen MR) is 62.6 cm³/mol. The minimum Gasteiger partial charge on any atom is -0.306 e. The molecule has 1 atom stereocenters. The van der Waals surface area contributed by atoms with Gasteiger partial charge in [0.2, 0.25) is 0 Å². The van der Waals surface area contributed by atoms with E-state index in [4.69, 9.17) is 0 Å². The lowest BCUT2D eigenvalue weighted by Gasteiger charge is -2.05. The maximum Gasteiger partial charge on any atom is 0.156 e. The summed E-state index contributed by atoms with van der Waals surface area (Å²) in [6, 6.07) is 6.11. The quantitative estimate of drug-likeness (QED) is 0.723. The monoisotopic (exact) mass is 216 g/mol. The first-order valence-corrected chi connectivity index (χ1v) is 5.75. The van der Waals surface area contributed by atoms with Crippen molar-refractivity contribution >= 4 is 5.65 Å². The fourth-order valence-corrected chi connectivity index (χ4v) is 2.37. The molecule has 0 spiro atoms. The second-order valence-corrected chi connectivity index (χ2v) is 4.66. The molecule has 1 fully saturated rings. The summed E-state index contributed by atoms with van der Waals surface area (Å²) in [6.45, 7) is 4.29. The summed E-state index contributed by atoms with van der Waals surface area (Å²) in [4.78, 5) is 6.95. The molecule has 3 heterocycles. The number of fused-ring (bicyclic) bond motifs is 1. The summed E-state index contributed by atoms with van der Waals surface area (Å²) in [6.07, 6.45) is 1.17. The molecule has 0 aliphatic carbocycles. The molecular formula is C12H16N4. The van der Waals surface area contributed by atoms with Crippen LogP contribution in [0.15, 0.2) is 18.2 Å². The predicted octanol–water partition coefficient (Wildman–Crippen LogP) is 1.46. The molecule has 4 heteroatoms. The van der Waals surface area contributed by atoms with Crippen LogP contribution in [0, 0.1) is 6.92 Å². The van der Waals surface area contributed by atoms with Crippen LogP contribution < -0.4 is 0 Å². The minimum atomic E-state index is 0.504. The van der Waals surface area contributed by atoms with Gasteiger partial charge in [-0.3, -0.25) is 0 Å². The number of hydrogen-bond donors (Lipinski definition) is 0. The lowest BCUT2D eigenvalue weighted by Crippen LogP contribution is -2.13. The van der Waals surface area contributed by atoms with Gasteiger partial charge in [-0.2, -0.15) is 5.10 Å². The van der Waals surface area contributed by atoms with Gasteiger partial charge in [0.05, 0.1) is 0 Å². The van der Waals surface area contributed by atoms with Crippen LogP contribution in [0.5, 0.6) is 0 Å². The zero-order chi connectivity index (χ0) is 11.1. The molecule has 3 rings (SSSR count). The summed E-state index contributed by atoms with van der Waals surface area (Å²) < 4.78 is 1.94. The third kappa shape index (κ3) is 1.50. The van der Waals surface area contributed by atoms with Crippen LogP contribution >= 0.6 is 0 Å². The first-order chi connectivity index (χ1) is 7.74. The summed E-state index contributed by atoms with van der Waals surface area (Å²) in [5.41, 5.74) is 2.10. The van der Waals surface area contributed by atoms with Gasteiger partial charge in [-0.25, -0.2) is 9.50 Å². The van der Waals surface area contributed by atoms with Gasteiger partial charge in [-0.15, -0.1) is 0 Å². The van der Waals surface area contributed by atoms with E-state index in [1.807, 2.05) is 16.6 Å². The zero-order valence-electron chi connectivity index (χ0n) is 9.72. The number of aromatic nitrogens is 3. The molecule has 0 amide bonds. The van der Waals surface area contributed by atoms with E-state index in [0.717, 1.165) is 30.3 Å². The number of likely N-dealkylation sites (N-methyl/N-ethyl adjacent to an activating group) is 1. The molecule has 0 N–H and O–H groups in total. The first-order valence-electron chi connectivity index (χ1n) is 5.75. The van der Waals surface area contributed by atoms with Crippen LogP contribution in [-0.2, 0) is 0 Å². The SMILES string of the molecule is Cc1cccc2nc(C3CCN(C)C3)nn12. The van der Waals surface area contributed by atoms with Crippen LogP contribution in [0.1, 0.15) is 23.9 Å². The Kier molecular flexibility index (Phi) is 2.17. The lowest BCUT2D eigenvalue weighted by molar-refractivity contribution is 0.409.